The van der Waals surface area contributed by atoms with Crippen molar-refractivity contribution < 1.29 is 9.59 Å². The Bertz CT molecular complexity index is 193. The molecule has 0 aromatic rings. The lowest BCUT2D eigenvalue weighted by Gasteiger charge is -2.14. The van der Waals surface area contributed by atoms with Crippen LogP contribution in [0, 0.1) is 11.8 Å². The summed E-state index contributed by atoms with van der Waals surface area (Å²) in [5.41, 5.74) is 0. The van der Waals surface area contributed by atoms with Crippen LogP contribution in [0.25, 0.3) is 0 Å². The van der Waals surface area contributed by atoms with Gasteiger partial charge in [0.05, 0.1) is 0 Å². The quantitative estimate of drug-likeness (QED) is 0.499. The highest BCUT2D eigenvalue weighted by atomic mass is 16.1. The average molecular weight is 138 g/mol. The van der Waals surface area contributed by atoms with Gasteiger partial charge in [0.25, 0.3) is 0 Å². The van der Waals surface area contributed by atoms with Crippen molar-refractivity contribution in [2.75, 3.05) is 0 Å². The molecule has 2 aliphatic carbocycles. The van der Waals surface area contributed by atoms with E-state index in [-0.39, 0.29) is 11.8 Å². The highest BCUT2D eigenvalue weighted by Crippen LogP contribution is 2.37. The van der Waals surface area contributed by atoms with Gasteiger partial charge in [0.2, 0.25) is 0 Å². The molecule has 0 unspecified atom stereocenters. The number of Topliss-reactive ketones (excluding diaryl/α,β-unsaturated/α-hetero) is 2. The summed E-state index contributed by atoms with van der Waals surface area (Å²) in [7, 11) is 0. The Kier molecular flexibility index (Phi) is 1.16. The van der Waals surface area contributed by atoms with E-state index in [2.05, 4.69) is 0 Å². The number of ketones is 2. The second kappa shape index (κ2) is 1.91. The molecule has 2 nitrogen and oxygen atoms in total. The van der Waals surface area contributed by atoms with Crippen LogP contribution in [0.15, 0.2) is 0 Å². The van der Waals surface area contributed by atoms with Crippen LogP contribution in [0.3, 0.4) is 0 Å². The molecule has 10 heavy (non-hydrogen) atoms. The number of rotatable bonds is 0. The first-order valence-corrected chi connectivity index (χ1v) is 3.83. The maximum absolute atomic E-state index is 11.0. The summed E-state index contributed by atoms with van der Waals surface area (Å²) in [6, 6.07) is 0. The fourth-order valence-corrected chi connectivity index (χ4v) is 2.01. The van der Waals surface area contributed by atoms with Crippen molar-refractivity contribution >= 4 is 11.6 Å². The van der Waals surface area contributed by atoms with E-state index in [0.29, 0.717) is 24.4 Å². The molecule has 0 aliphatic heterocycles. The second-order valence-corrected chi connectivity index (χ2v) is 3.30. The normalized spacial score (nSPS) is 38.8. The minimum Gasteiger partial charge on any atom is -0.299 e. The molecule has 0 aromatic carbocycles. The topological polar surface area (TPSA) is 34.1 Å². The zero-order valence-electron chi connectivity index (χ0n) is 5.80. The predicted octanol–water partition coefficient (Wildman–Crippen LogP) is 0.945. The summed E-state index contributed by atoms with van der Waals surface area (Å²) in [5.74, 6) is 1.02. The average Bonchev–Trinajstić information content (AvgIpc) is 2.21. The first-order valence-electron chi connectivity index (χ1n) is 3.83. The van der Waals surface area contributed by atoms with E-state index in [9.17, 15) is 9.59 Å². The van der Waals surface area contributed by atoms with Crippen molar-refractivity contribution in [3.8, 4) is 0 Å². The van der Waals surface area contributed by atoms with Crippen LogP contribution >= 0.6 is 0 Å². The van der Waals surface area contributed by atoms with E-state index in [1.807, 2.05) is 0 Å². The van der Waals surface area contributed by atoms with Gasteiger partial charge in [0.1, 0.15) is 11.6 Å². The maximum Gasteiger partial charge on any atom is 0.136 e. The first kappa shape index (κ1) is 6.08. The van der Waals surface area contributed by atoms with Crippen LogP contribution in [-0.4, -0.2) is 11.6 Å². The van der Waals surface area contributed by atoms with Crippen LogP contribution in [0.5, 0.6) is 0 Å². The molecule has 2 aliphatic rings. The highest BCUT2D eigenvalue weighted by molar-refractivity contribution is 5.94. The molecule has 2 heteroatoms. The zero-order valence-corrected chi connectivity index (χ0v) is 5.80. The zero-order chi connectivity index (χ0) is 7.14. The van der Waals surface area contributed by atoms with Crippen molar-refractivity contribution in [1.82, 2.24) is 0 Å². The molecule has 0 N–H and O–H groups in total. The summed E-state index contributed by atoms with van der Waals surface area (Å²) < 4.78 is 0. The lowest BCUT2D eigenvalue weighted by Crippen LogP contribution is -2.17. The van der Waals surface area contributed by atoms with E-state index in [0.717, 1.165) is 12.8 Å². The van der Waals surface area contributed by atoms with Crippen LogP contribution in [-0.2, 0) is 9.59 Å². The Morgan fingerprint density at radius 1 is 1.10 bits per heavy atom. The third kappa shape index (κ3) is 0.713. The van der Waals surface area contributed by atoms with Gasteiger partial charge in [-0.1, -0.05) is 0 Å². The van der Waals surface area contributed by atoms with Crippen LogP contribution in [0.4, 0.5) is 0 Å². The molecular weight excluding hydrogens is 128 g/mol. The van der Waals surface area contributed by atoms with Crippen molar-refractivity contribution in [2.24, 2.45) is 11.8 Å². The summed E-state index contributed by atoms with van der Waals surface area (Å²) in [6.07, 6.45) is 2.89. The molecule has 0 radical (unpaired) electrons. The van der Waals surface area contributed by atoms with Crippen LogP contribution in [0.2, 0.25) is 0 Å². The minimum atomic E-state index is 0.117. The standard InChI is InChI=1S/C8H10O2/c9-7-2-1-5-3-6(7)4-8(5)10/h5-6H,1-4H2/t5-,6-/m0/s1. The Hall–Kier alpha value is -0.660. The number of carbonyl (C=O) groups is 2. The van der Waals surface area contributed by atoms with Crippen molar-refractivity contribution in [1.29, 1.82) is 0 Å². The van der Waals surface area contributed by atoms with Crippen molar-refractivity contribution in [3.05, 3.63) is 0 Å². The Labute approximate surface area is 59.6 Å². The molecule has 0 saturated heterocycles. The predicted molar refractivity (Wildman–Crippen MR) is 35.5 cm³/mol. The summed E-state index contributed by atoms with van der Waals surface area (Å²) >= 11 is 0. The Morgan fingerprint density at radius 2 is 1.90 bits per heavy atom. The van der Waals surface area contributed by atoms with Gasteiger partial charge in [-0.15, -0.1) is 0 Å². The minimum absolute atomic E-state index is 0.117. The maximum atomic E-state index is 11.0. The highest BCUT2D eigenvalue weighted by Gasteiger charge is 2.39. The Morgan fingerprint density at radius 3 is 2.60 bits per heavy atom. The second-order valence-electron chi connectivity index (χ2n) is 3.30. The number of hydrogen-bond acceptors (Lipinski definition) is 2. The third-order valence-corrected chi connectivity index (χ3v) is 2.67. The van der Waals surface area contributed by atoms with Gasteiger partial charge in [-0.3, -0.25) is 9.59 Å². The van der Waals surface area contributed by atoms with E-state index < -0.39 is 0 Å². The van der Waals surface area contributed by atoms with Crippen molar-refractivity contribution in [2.45, 2.75) is 25.7 Å². The van der Waals surface area contributed by atoms with Gasteiger partial charge >= 0.3 is 0 Å². The van der Waals surface area contributed by atoms with Gasteiger partial charge in [-0.05, 0) is 12.8 Å². The lowest BCUT2D eigenvalue weighted by molar-refractivity contribution is -0.124. The summed E-state index contributed by atoms with van der Waals surface area (Å²) in [4.78, 5) is 22.1. The lowest BCUT2D eigenvalue weighted by atomic mass is 9.88. The molecule has 0 spiro atoms. The van der Waals surface area contributed by atoms with E-state index in [1.54, 1.807) is 0 Å². The van der Waals surface area contributed by atoms with Gasteiger partial charge < -0.3 is 0 Å². The largest absolute Gasteiger partial charge is 0.299 e. The molecule has 2 atom stereocenters. The van der Waals surface area contributed by atoms with Crippen molar-refractivity contribution in [3.63, 3.8) is 0 Å². The molecule has 2 bridgehead atoms. The number of fused-ring (bicyclic) bond motifs is 2. The van der Waals surface area contributed by atoms with E-state index in [1.165, 1.54) is 0 Å². The molecule has 0 heterocycles. The molecule has 2 saturated carbocycles. The van der Waals surface area contributed by atoms with E-state index >= 15 is 0 Å². The molecule has 54 valence electrons. The van der Waals surface area contributed by atoms with E-state index in [4.69, 9.17) is 0 Å². The summed E-state index contributed by atoms with van der Waals surface area (Å²) in [6.45, 7) is 0. The fourth-order valence-electron chi connectivity index (χ4n) is 2.01. The Balaban J connectivity index is 2.22. The number of hydrogen-bond donors (Lipinski definition) is 0. The molecule has 0 aromatic heterocycles. The molecule has 2 rings (SSSR count). The molecule has 0 amide bonds. The third-order valence-electron chi connectivity index (χ3n) is 2.67. The smallest absolute Gasteiger partial charge is 0.136 e. The van der Waals surface area contributed by atoms with Crippen LogP contribution in [0.1, 0.15) is 25.7 Å². The van der Waals surface area contributed by atoms with Gasteiger partial charge in [-0.2, -0.15) is 0 Å². The van der Waals surface area contributed by atoms with Gasteiger partial charge in [0.15, 0.2) is 0 Å². The molecule has 2 fully saturated rings. The number of carbonyl (C=O) groups excluding carboxylic acids is 2. The van der Waals surface area contributed by atoms with Crippen LogP contribution < -0.4 is 0 Å². The monoisotopic (exact) mass is 138 g/mol. The SMILES string of the molecule is O=C1CC[C@H]2C[C@H]1CC2=O. The van der Waals surface area contributed by atoms with Gasteiger partial charge in [-0.25, -0.2) is 0 Å². The first-order chi connectivity index (χ1) is 4.77. The summed E-state index contributed by atoms with van der Waals surface area (Å²) in [5, 5.41) is 0. The fraction of sp³-hybridized carbons (Fsp3) is 0.750. The molecular formula is C8H10O2. The van der Waals surface area contributed by atoms with Gasteiger partial charge in [0, 0.05) is 24.7 Å².